The molecule has 0 saturated heterocycles. The first-order valence-corrected chi connectivity index (χ1v) is 9.88. The summed E-state index contributed by atoms with van der Waals surface area (Å²) in [6.07, 6.45) is 0. The number of carbonyl (C=O) groups is 1. The van der Waals surface area contributed by atoms with E-state index >= 15 is 0 Å². The van der Waals surface area contributed by atoms with Crippen LogP contribution in [0.3, 0.4) is 0 Å². The summed E-state index contributed by atoms with van der Waals surface area (Å²) in [4.78, 5) is 11.8. The first-order valence-electron chi connectivity index (χ1n) is 5.72. The van der Waals surface area contributed by atoms with Gasteiger partial charge in [0.15, 0.2) is 0 Å². The number of hydrogen-bond donors (Lipinski definition) is 0. The highest BCUT2D eigenvalue weighted by atomic mass is 79.9. The minimum Gasteiger partial charge on any atom is -0.744 e. The lowest BCUT2D eigenvalue weighted by molar-refractivity contribution is 0.0733. The van der Waals surface area contributed by atoms with E-state index in [1.54, 1.807) is 12.1 Å². The summed E-state index contributed by atoms with van der Waals surface area (Å²) >= 11 is 15.6. The highest BCUT2D eigenvalue weighted by molar-refractivity contribution is 9.11. The maximum absolute atomic E-state index is 12.3. The van der Waals surface area contributed by atoms with Crippen LogP contribution in [0.4, 0.5) is 0 Å². The molecule has 0 aromatic heterocycles. The molecule has 0 heterocycles. The van der Waals surface area contributed by atoms with Crippen LogP contribution in [0.15, 0.2) is 48.6 Å². The predicted molar refractivity (Wildman–Crippen MR) is 93.9 cm³/mol. The fourth-order valence-corrected chi connectivity index (χ4v) is 4.97. The van der Waals surface area contributed by atoms with E-state index in [-0.39, 0.29) is 16.3 Å². The maximum atomic E-state index is 12.3. The summed E-state index contributed by atoms with van der Waals surface area (Å²) in [5.74, 6) is -0.776. The molecule has 0 atom stereocenters. The Morgan fingerprint density at radius 3 is 2.13 bits per heavy atom. The molecule has 2 rings (SSSR count). The molecule has 0 unspecified atom stereocenters. The van der Waals surface area contributed by atoms with Gasteiger partial charge in [-0.1, -0.05) is 27.5 Å². The van der Waals surface area contributed by atoms with Crippen LogP contribution in [0, 0.1) is 0 Å². The molecule has 10 heteroatoms. The lowest BCUT2D eigenvalue weighted by Crippen LogP contribution is -2.11. The van der Waals surface area contributed by atoms with E-state index in [0.717, 1.165) is 22.7 Å². The van der Waals surface area contributed by atoms with E-state index in [0.29, 0.717) is 8.95 Å². The highest BCUT2D eigenvalue weighted by Gasteiger charge is 2.19. The van der Waals surface area contributed by atoms with Gasteiger partial charge in [0.1, 0.15) is 15.9 Å². The third-order valence-electron chi connectivity index (χ3n) is 2.61. The Balaban J connectivity index is 2.35. The smallest absolute Gasteiger partial charge is 0.345 e. The fourth-order valence-electron chi connectivity index (χ4n) is 1.61. The van der Waals surface area contributed by atoms with Crippen LogP contribution in [-0.4, -0.2) is 18.9 Å². The van der Waals surface area contributed by atoms with Crippen molar-refractivity contribution in [3.05, 3.63) is 54.3 Å². The summed E-state index contributed by atoms with van der Waals surface area (Å²) in [6.45, 7) is 0. The minimum atomic E-state index is -4.64. The largest absolute Gasteiger partial charge is 0.744 e. The average molecular weight is 548 g/mol. The monoisotopic (exact) mass is 545 g/mol. The molecule has 0 aliphatic carbocycles. The third kappa shape index (κ3) is 4.55. The van der Waals surface area contributed by atoms with Crippen molar-refractivity contribution in [2.45, 2.75) is 4.90 Å². The quantitative estimate of drug-likeness (QED) is 0.314. The molecular weight excluding hydrogens is 543 g/mol. The van der Waals surface area contributed by atoms with Crippen molar-refractivity contribution >= 4 is 75.5 Å². The van der Waals surface area contributed by atoms with Crippen LogP contribution in [0.1, 0.15) is 10.4 Å². The molecule has 0 amide bonds. The SMILES string of the molecule is O=C(Oc1ccc(S(=O)(=O)[O-])cc1Cl)c1c(Br)cc(Br)cc1Br. The van der Waals surface area contributed by atoms with Gasteiger partial charge in [-0.3, -0.25) is 0 Å². The lowest BCUT2D eigenvalue weighted by atomic mass is 10.2. The second kappa shape index (κ2) is 7.20. The molecule has 0 N–H and O–H groups in total. The summed E-state index contributed by atoms with van der Waals surface area (Å²) in [6, 6.07) is 6.42. The van der Waals surface area contributed by atoms with Crippen molar-refractivity contribution in [3.63, 3.8) is 0 Å². The Morgan fingerprint density at radius 2 is 1.65 bits per heavy atom. The van der Waals surface area contributed by atoms with Gasteiger partial charge in [0, 0.05) is 13.4 Å². The van der Waals surface area contributed by atoms with E-state index in [1.165, 1.54) is 0 Å². The Hall–Kier alpha value is -0.450. The van der Waals surface area contributed by atoms with Gasteiger partial charge in [-0.15, -0.1) is 0 Å². The predicted octanol–water partition coefficient (Wildman–Crippen LogP) is 4.75. The fraction of sp³-hybridized carbons (Fsp3) is 0. The van der Waals surface area contributed by atoms with E-state index in [4.69, 9.17) is 16.3 Å². The topological polar surface area (TPSA) is 83.5 Å². The molecule has 0 aliphatic heterocycles. The van der Waals surface area contributed by atoms with Gasteiger partial charge in [-0.05, 0) is 62.2 Å². The van der Waals surface area contributed by atoms with Crippen LogP contribution in [0.25, 0.3) is 0 Å². The second-order valence-corrected chi connectivity index (χ2v) is 8.59. The van der Waals surface area contributed by atoms with Gasteiger partial charge in [-0.25, -0.2) is 13.2 Å². The van der Waals surface area contributed by atoms with Gasteiger partial charge >= 0.3 is 5.97 Å². The summed E-state index contributed by atoms with van der Waals surface area (Å²) in [5.41, 5.74) is 0.227. The number of esters is 1. The van der Waals surface area contributed by atoms with Crippen molar-refractivity contribution in [1.82, 2.24) is 0 Å². The van der Waals surface area contributed by atoms with Crippen LogP contribution < -0.4 is 4.74 Å². The number of hydrogen-bond acceptors (Lipinski definition) is 5. The van der Waals surface area contributed by atoms with Gasteiger partial charge < -0.3 is 9.29 Å². The van der Waals surface area contributed by atoms with Crippen LogP contribution >= 0.6 is 59.4 Å². The zero-order chi connectivity index (χ0) is 17.4. The molecule has 0 saturated carbocycles. The number of halogens is 4. The van der Waals surface area contributed by atoms with Crippen molar-refractivity contribution in [1.29, 1.82) is 0 Å². The standard InChI is InChI=1S/C13H6Br3ClO5S/c14-6-3-8(15)12(9(16)4-6)13(18)22-11-2-1-7(5-10(11)17)23(19,20)21/h1-5H,(H,19,20,21)/p-1. The van der Waals surface area contributed by atoms with Gasteiger partial charge in [0.25, 0.3) is 0 Å². The molecule has 0 radical (unpaired) electrons. The van der Waals surface area contributed by atoms with Gasteiger partial charge in [-0.2, -0.15) is 0 Å². The van der Waals surface area contributed by atoms with E-state index in [2.05, 4.69) is 47.8 Å². The Labute approximate surface area is 162 Å². The van der Waals surface area contributed by atoms with Crippen LogP contribution in [0.2, 0.25) is 5.02 Å². The lowest BCUT2D eigenvalue weighted by Gasteiger charge is -2.12. The molecule has 2 aromatic rings. The van der Waals surface area contributed by atoms with E-state index in [9.17, 15) is 17.8 Å². The van der Waals surface area contributed by atoms with Crippen LogP contribution in [0.5, 0.6) is 5.75 Å². The molecule has 122 valence electrons. The summed E-state index contributed by atoms with van der Waals surface area (Å²) in [7, 11) is -4.64. The van der Waals surface area contributed by atoms with E-state index in [1.807, 2.05) is 0 Å². The molecule has 0 aliphatic rings. The number of carbonyl (C=O) groups excluding carboxylic acids is 1. The van der Waals surface area contributed by atoms with E-state index < -0.39 is 21.0 Å². The molecule has 0 spiro atoms. The van der Waals surface area contributed by atoms with Crippen molar-refractivity contribution in [3.8, 4) is 5.75 Å². The first-order chi connectivity index (χ1) is 10.6. The third-order valence-corrected chi connectivity index (χ3v) is 5.44. The molecule has 23 heavy (non-hydrogen) atoms. The Morgan fingerprint density at radius 1 is 1.09 bits per heavy atom. The van der Waals surface area contributed by atoms with Crippen molar-refractivity contribution in [2.75, 3.05) is 0 Å². The molecule has 2 aromatic carbocycles. The first kappa shape index (κ1) is 18.9. The zero-order valence-corrected chi connectivity index (χ0v) is 17.2. The van der Waals surface area contributed by atoms with Gasteiger partial charge in [0.05, 0.1) is 15.5 Å². The van der Waals surface area contributed by atoms with Crippen molar-refractivity contribution < 1.29 is 22.5 Å². The number of rotatable bonds is 3. The molecule has 5 nitrogen and oxygen atoms in total. The second-order valence-electron chi connectivity index (χ2n) is 4.18. The summed E-state index contributed by atoms with van der Waals surface area (Å²) in [5, 5.41) is -0.167. The van der Waals surface area contributed by atoms with Crippen molar-refractivity contribution in [2.24, 2.45) is 0 Å². The highest BCUT2D eigenvalue weighted by Crippen LogP contribution is 2.33. The molecule has 0 bridgehead atoms. The number of ether oxygens (including phenoxy) is 1. The van der Waals surface area contributed by atoms with Crippen LogP contribution in [-0.2, 0) is 10.1 Å². The van der Waals surface area contributed by atoms with Gasteiger partial charge in [0.2, 0.25) is 0 Å². The Kier molecular flexibility index (Phi) is 5.91. The number of benzene rings is 2. The molecular formula is C13H5Br3ClO5S-. The average Bonchev–Trinajstić information content (AvgIpc) is 2.38. The molecule has 0 fully saturated rings. The zero-order valence-electron chi connectivity index (χ0n) is 10.8. The summed E-state index contributed by atoms with van der Waals surface area (Å²) < 4.78 is 39.6. The Bertz CT molecular complexity index is 875. The maximum Gasteiger partial charge on any atom is 0.345 e. The normalized spacial score (nSPS) is 11.3. The minimum absolute atomic E-state index is 0.0641.